The van der Waals surface area contributed by atoms with Crippen LogP contribution in [0.2, 0.25) is 0 Å². The number of hydrogen-bond acceptors (Lipinski definition) is 2. The molecule has 2 heteroatoms. The van der Waals surface area contributed by atoms with Crippen molar-refractivity contribution in [1.82, 2.24) is 10.3 Å². The molecule has 0 aliphatic rings. The monoisotopic (exact) mass is 204 g/mol. The summed E-state index contributed by atoms with van der Waals surface area (Å²) in [7, 11) is 0. The van der Waals surface area contributed by atoms with Crippen LogP contribution in [0.3, 0.4) is 0 Å². The van der Waals surface area contributed by atoms with Crippen LogP contribution in [-0.2, 0) is 0 Å². The Morgan fingerprint density at radius 1 is 1.47 bits per heavy atom. The average molecular weight is 204 g/mol. The molecule has 0 aliphatic carbocycles. The highest BCUT2D eigenvalue weighted by molar-refractivity contribution is 5.27. The Labute approximate surface area is 92.4 Å². The highest BCUT2D eigenvalue weighted by atomic mass is 14.9. The molecule has 2 nitrogen and oxygen atoms in total. The number of hydrogen-bond donors (Lipinski definition) is 1. The number of nitrogens with one attached hydrogen (secondary N) is 1. The van der Waals surface area contributed by atoms with Gasteiger partial charge >= 0.3 is 0 Å². The van der Waals surface area contributed by atoms with Crippen molar-refractivity contribution >= 4 is 0 Å². The van der Waals surface area contributed by atoms with Crippen molar-refractivity contribution in [3.8, 4) is 0 Å². The molecule has 1 aromatic heterocycles. The predicted molar refractivity (Wildman–Crippen MR) is 64.9 cm³/mol. The summed E-state index contributed by atoms with van der Waals surface area (Å²) < 4.78 is 0. The molecule has 0 fully saturated rings. The lowest BCUT2D eigenvalue weighted by Gasteiger charge is -2.16. The van der Waals surface area contributed by atoms with Crippen LogP contribution in [0.5, 0.6) is 0 Å². The van der Waals surface area contributed by atoms with E-state index in [1.165, 1.54) is 5.56 Å². The lowest BCUT2D eigenvalue weighted by Crippen LogP contribution is -2.21. The zero-order valence-corrected chi connectivity index (χ0v) is 9.88. The molecule has 0 spiro atoms. The Bertz CT molecular complexity index is 331. The summed E-state index contributed by atoms with van der Waals surface area (Å²) in [5, 5.41) is 3.44. The smallest absolute Gasteiger partial charge is 0.0521 e. The minimum atomic E-state index is 0.220. The number of aromatic nitrogens is 1. The van der Waals surface area contributed by atoms with Gasteiger partial charge in [-0.15, -0.1) is 6.58 Å². The fourth-order valence-electron chi connectivity index (χ4n) is 1.65. The highest BCUT2D eigenvalue weighted by Crippen LogP contribution is 2.17. The first-order chi connectivity index (χ1) is 7.19. The maximum Gasteiger partial charge on any atom is 0.0521 e. The van der Waals surface area contributed by atoms with Crippen LogP contribution < -0.4 is 5.32 Å². The molecule has 1 aromatic rings. The predicted octanol–water partition coefficient (Wildman–Crippen LogP) is 2.93. The fraction of sp³-hybridized carbons (Fsp3) is 0.462. The van der Waals surface area contributed by atoms with Crippen molar-refractivity contribution in [3.63, 3.8) is 0 Å². The molecular formula is C13H20N2. The van der Waals surface area contributed by atoms with Gasteiger partial charge < -0.3 is 5.32 Å². The molecule has 15 heavy (non-hydrogen) atoms. The van der Waals surface area contributed by atoms with Gasteiger partial charge in [-0.05, 0) is 38.4 Å². The summed E-state index contributed by atoms with van der Waals surface area (Å²) >= 11 is 0. The molecule has 0 aliphatic heterocycles. The van der Waals surface area contributed by atoms with E-state index >= 15 is 0 Å². The Kier molecular flexibility index (Phi) is 4.50. The minimum absolute atomic E-state index is 0.220. The van der Waals surface area contributed by atoms with Gasteiger partial charge in [0, 0.05) is 11.4 Å². The van der Waals surface area contributed by atoms with Crippen molar-refractivity contribution in [2.75, 3.05) is 6.54 Å². The van der Waals surface area contributed by atoms with Gasteiger partial charge in [0.05, 0.1) is 6.04 Å². The van der Waals surface area contributed by atoms with E-state index in [0.29, 0.717) is 0 Å². The second kappa shape index (κ2) is 5.66. The zero-order valence-electron chi connectivity index (χ0n) is 9.88. The molecule has 0 amide bonds. The molecule has 1 N–H and O–H groups in total. The molecule has 0 aromatic carbocycles. The van der Waals surface area contributed by atoms with E-state index in [4.69, 9.17) is 0 Å². The summed E-state index contributed by atoms with van der Waals surface area (Å²) in [6, 6.07) is 4.40. The largest absolute Gasteiger partial charge is 0.307 e. The number of rotatable bonds is 5. The van der Waals surface area contributed by atoms with Crippen LogP contribution in [-0.4, -0.2) is 11.5 Å². The van der Waals surface area contributed by atoms with Crippen molar-refractivity contribution < 1.29 is 0 Å². The first-order valence-corrected chi connectivity index (χ1v) is 5.49. The number of nitrogens with zero attached hydrogens (tertiary/aromatic N) is 1. The van der Waals surface area contributed by atoms with E-state index in [-0.39, 0.29) is 6.04 Å². The SMILES string of the molecule is C=CC(NCCC)c1ccc(C)nc1C. The van der Waals surface area contributed by atoms with Crippen LogP contribution in [0.25, 0.3) is 0 Å². The molecule has 82 valence electrons. The normalized spacial score (nSPS) is 12.5. The molecule has 1 atom stereocenters. The number of aryl methyl sites for hydroxylation is 2. The standard InChI is InChI=1S/C13H20N2/c1-5-9-14-13(6-2)12-8-7-10(3)15-11(12)4/h6-8,13-14H,2,5,9H2,1,3-4H3. The molecule has 0 bridgehead atoms. The van der Waals surface area contributed by atoms with E-state index < -0.39 is 0 Å². The van der Waals surface area contributed by atoms with Gasteiger partial charge in [0.1, 0.15) is 0 Å². The van der Waals surface area contributed by atoms with E-state index in [2.05, 4.69) is 29.9 Å². The third kappa shape index (κ3) is 3.17. The van der Waals surface area contributed by atoms with Gasteiger partial charge in [-0.25, -0.2) is 0 Å². The van der Waals surface area contributed by atoms with Crippen molar-refractivity contribution in [2.45, 2.75) is 33.2 Å². The first kappa shape index (κ1) is 11.9. The van der Waals surface area contributed by atoms with Gasteiger partial charge in [-0.2, -0.15) is 0 Å². The summed E-state index contributed by atoms with van der Waals surface area (Å²) in [6.45, 7) is 11.1. The molecular weight excluding hydrogens is 184 g/mol. The molecule has 0 saturated carbocycles. The van der Waals surface area contributed by atoms with Crippen LogP contribution in [0.15, 0.2) is 24.8 Å². The van der Waals surface area contributed by atoms with E-state index in [9.17, 15) is 0 Å². The van der Waals surface area contributed by atoms with E-state index in [1.807, 2.05) is 26.0 Å². The van der Waals surface area contributed by atoms with Crippen molar-refractivity contribution in [2.24, 2.45) is 0 Å². The molecule has 1 unspecified atom stereocenters. The van der Waals surface area contributed by atoms with Gasteiger partial charge in [-0.1, -0.05) is 19.1 Å². The average Bonchev–Trinajstić information content (AvgIpc) is 2.21. The lowest BCUT2D eigenvalue weighted by molar-refractivity contribution is 0.608. The second-order valence-electron chi connectivity index (χ2n) is 3.79. The molecule has 1 rings (SSSR count). The third-order valence-electron chi connectivity index (χ3n) is 2.45. The molecule has 1 heterocycles. The van der Waals surface area contributed by atoms with Gasteiger partial charge in [0.25, 0.3) is 0 Å². The Hall–Kier alpha value is -1.15. The highest BCUT2D eigenvalue weighted by Gasteiger charge is 2.09. The quantitative estimate of drug-likeness (QED) is 0.746. The summed E-state index contributed by atoms with van der Waals surface area (Å²) in [5.74, 6) is 0. The van der Waals surface area contributed by atoms with Crippen molar-refractivity contribution in [1.29, 1.82) is 0 Å². The maximum atomic E-state index is 4.46. The first-order valence-electron chi connectivity index (χ1n) is 5.49. The third-order valence-corrected chi connectivity index (χ3v) is 2.45. The lowest BCUT2D eigenvalue weighted by atomic mass is 10.0. The summed E-state index contributed by atoms with van der Waals surface area (Å²) in [4.78, 5) is 4.46. The van der Waals surface area contributed by atoms with E-state index in [0.717, 1.165) is 24.4 Å². The summed E-state index contributed by atoms with van der Waals surface area (Å²) in [5.41, 5.74) is 3.38. The Morgan fingerprint density at radius 3 is 2.73 bits per heavy atom. The second-order valence-corrected chi connectivity index (χ2v) is 3.79. The fourth-order valence-corrected chi connectivity index (χ4v) is 1.65. The van der Waals surface area contributed by atoms with Crippen molar-refractivity contribution in [3.05, 3.63) is 41.7 Å². The zero-order chi connectivity index (χ0) is 11.3. The Morgan fingerprint density at radius 2 is 2.20 bits per heavy atom. The van der Waals surface area contributed by atoms with Gasteiger partial charge in [-0.3, -0.25) is 4.98 Å². The minimum Gasteiger partial charge on any atom is -0.307 e. The van der Waals surface area contributed by atoms with E-state index in [1.54, 1.807) is 0 Å². The molecule has 0 saturated heterocycles. The topological polar surface area (TPSA) is 24.9 Å². The van der Waals surface area contributed by atoms with Gasteiger partial charge in [0.15, 0.2) is 0 Å². The Balaban J connectivity index is 2.86. The maximum absolute atomic E-state index is 4.46. The van der Waals surface area contributed by atoms with Crippen LogP contribution >= 0.6 is 0 Å². The van der Waals surface area contributed by atoms with Crippen LogP contribution in [0.1, 0.15) is 36.3 Å². The van der Waals surface area contributed by atoms with Gasteiger partial charge in [0.2, 0.25) is 0 Å². The van der Waals surface area contributed by atoms with Crippen LogP contribution in [0.4, 0.5) is 0 Å². The molecule has 0 radical (unpaired) electrons. The number of pyridine rings is 1. The summed E-state index contributed by atoms with van der Waals surface area (Å²) in [6.07, 6.45) is 3.07. The van der Waals surface area contributed by atoms with Crippen LogP contribution in [0, 0.1) is 13.8 Å².